The number of nitrogens with two attached hydrogens (primary N) is 1. The van der Waals surface area contributed by atoms with Crippen LogP contribution >= 0.6 is 0 Å². The van der Waals surface area contributed by atoms with E-state index in [1.165, 1.54) is 6.07 Å². The van der Waals surface area contributed by atoms with Crippen LogP contribution in [0.15, 0.2) is 42.7 Å². The van der Waals surface area contributed by atoms with Crippen LogP contribution in [0.5, 0.6) is 0 Å². The zero-order valence-electron chi connectivity index (χ0n) is 11.2. The first-order chi connectivity index (χ1) is 9.74. The Morgan fingerprint density at radius 3 is 2.50 bits per heavy atom. The Kier molecular flexibility index (Phi) is 3.41. The van der Waals surface area contributed by atoms with Crippen molar-refractivity contribution in [3.63, 3.8) is 0 Å². The van der Waals surface area contributed by atoms with Crippen molar-refractivity contribution >= 4 is 17.1 Å². The van der Waals surface area contributed by atoms with Gasteiger partial charge in [-0.2, -0.15) is 0 Å². The average Bonchev–Trinajstić information content (AvgIpc) is 2.48. The van der Waals surface area contributed by atoms with Crippen molar-refractivity contribution in [1.29, 1.82) is 0 Å². The number of pyridine rings is 1. The number of aromatic nitrogens is 1. The Balaban J connectivity index is 1.70. The van der Waals surface area contributed by atoms with Gasteiger partial charge in [0.1, 0.15) is 5.82 Å². The minimum absolute atomic E-state index is 0.191. The zero-order chi connectivity index (χ0) is 13.9. The molecule has 0 bridgehead atoms. The summed E-state index contributed by atoms with van der Waals surface area (Å²) in [6.07, 6.45) is 3.43. The van der Waals surface area contributed by atoms with Crippen LogP contribution in [0.4, 0.5) is 21.5 Å². The van der Waals surface area contributed by atoms with E-state index in [1.54, 1.807) is 24.5 Å². The van der Waals surface area contributed by atoms with Gasteiger partial charge in [0.15, 0.2) is 0 Å². The van der Waals surface area contributed by atoms with Gasteiger partial charge >= 0.3 is 0 Å². The van der Waals surface area contributed by atoms with Gasteiger partial charge in [-0.1, -0.05) is 6.07 Å². The molecule has 5 heteroatoms. The lowest BCUT2D eigenvalue weighted by molar-refractivity contribution is 0.620. The van der Waals surface area contributed by atoms with E-state index in [4.69, 9.17) is 5.73 Å². The molecule has 0 radical (unpaired) electrons. The molecule has 0 aliphatic carbocycles. The van der Waals surface area contributed by atoms with Crippen LogP contribution in [0.1, 0.15) is 0 Å². The molecule has 0 atom stereocenters. The average molecular weight is 272 g/mol. The molecular weight excluding hydrogens is 255 g/mol. The lowest BCUT2D eigenvalue weighted by atomic mass is 10.2. The Hall–Kier alpha value is -2.30. The molecule has 1 aliphatic rings. The largest absolute Gasteiger partial charge is 0.396 e. The number of piperazine rings is 1. The second-order valence-electron chi connectivity index (χ2n) is 4.89. The normalized spacial score (nSPS) is 15.4. The Morgan fingerprint density at radius 2 is 1.80 bits per heavy atom. The molecule has 3 rings (SSSR count). The number of halogens is 1. The molecule has 0 amide bonds. The summed E-state index contributed by atoms with van der Waals surface area (Å²) in [5, 5.41) is 0. The van der Waals surface area contributed by atoms with E-state index >= 15 is 0 Å². The van der Waals surface area contributed by atoms with Crippen LogP contribution < -0.4 is 15.5 Å². The maximum atomic E-state index is 13.3. The number of nitrogens with zero attached hydrogens (tertiary/aromatic N) is 3. The van der Waals surface area contributed by atoms with E-state index in [0.717, 1.165) is 37.6 Å². The maximum Gasteiger partial charge on any atom is 0.125 e. The molecule has 2 N–H and O–H groups in total. The van der Waals surface area contributed by atoms with E-state index in [-0.39, 0.29) is 5.82 Å². The van der Waals surface area contributed by atoms with Crippen molar-refractivity contribution in [2.24, 2.45) is 0 Å². The van der Waals surface area contributed by atoms with Crippen molar-refractivity contribution in [1.82, 2.24) is 4.98 Å². The van der Waals surface area contributed by atoms with Gasteiger partial charge in [-0.15, -0.1) is 0 Å². The van der Waals surface area contributed by atoms with Crippen molar-refractivity contribution < 1.29 is 4.39 Å². The van der Waals surface area contributed by atoms with Gasteiger partial charge in [0.05, 0.1) is 17.6 Å². The molecule has 104 valence electrons. The monoisotopic (exact) mass is 272 g/mol. The first-order valence-corrected chi connectivity index (χ1v) is 6.69. The fourth-order valence-electron chi connectivity index (χ4n) is 2.57. The van der Waals surface area contributed by atoms with Gasteiger partial charge in [0.2, 0.25) is 0 Å². The topological polar surface area (TPSA) is 45.4 Å². The molecule has 1 aromatic heterocycles. The van der Waals surface area contributed by atoms with Gasteiger partial charge in [0.25, 0.3) is 0 Å². The summed E-state index contributed by atoms with van der Waals surface area (Å²) in [6, 6.07) is 8.68. The Bertz CT molecular complexity index is 594. The van der Waals surface area contributed by atoms with Crippen LogP contribution in [0.2, 0.25) is 0 Å². The number of anilines is 3. The van der Waals surface area contributed by atoms with Crippen LogP contribution in [-0.4, -0.2) is 31.2 Å². The SMILES string of the molecule is Nc1cnccc1N1CCN(c2cccc(F)c2)CC1. The minimum Gasteiger partial charge on any atom is -0.396 e. The maximum absolute atomic E-state index is 13.3. The second kappa shape index (κ2) is 5.36. The quantitative estimate of drug-likeness (QED) is 0.909. The Labute approximate surface area is 117 Å². The first kappa shape index (κ1) is 12.7. The van der Waals surface area contributed by atoms with E-state index in [1.807, 2.05) is 12.1 Å². The first-order valence-electron chi connectivity index (χ1n) is 6.69. The lowest BCUT2D eigenvalue weighted by Crippen LogP contribution is -2.46. The molecule has 4 nitrogen and oxygen atoms in total. The fraction of sp³-hybridized carbons (Fsp3) is 0.267. The summed E-state index contributed by atoms with van der Waals surface area (Å²) >= 11 is 0. The highest BCUT2D eigenvalue weighted by Gasteiger charge is 2.19. The van der Waals surface area contributed by atoms with E-state index in [0.29, 0.717) is 5.69 Å². The summed E-state index contributed by atoms with van der Waals surface area (Å²) in [4.78, 5) is 8.44. The molecule has 1 aliphatic heterocycles. The molecule has 0 saturated carbocycles. The third-order valence-electron chi connectivity index (χ3n) is 3.62. The highest BCUT2D eigenvalue weighted by molar-refractivity contribution is 5.66. The van der Waals surface area contributed by atoms with E-state index in [9.17, 15) is 4.39 Å². The summed E-state index contributed by atoms with van der Waals surface area (Å²) in [7, 11) is 0. The zero-order valence-corrected chi connectivity index (χ0v) is 11.2. The number of hydrogen-bond donors (Lipinski definition) is 1. The predicted octanol–water partition coefficient (Wildman–Crippen LogP) is 2.13. The molecule has 1 saturated heterocycles. The van der Waals surface area contributed by atoms with Crippen LogP contribution in [0.25, 0.3) is 0 Å². The summed E-state index contributed by atoms with van der Waals surface area (Å²) in [5.74, 6) is -0.191. The fourth-order valence-corrected chi connectivity index (χ4v) is 2.57. The molecule has 2 aromatic rings. The van der Waals surface area contributed by atoms with Crippen LogP contribution in [-0.2, 0) is 0 Å². The number of nitrogen functional groups attached to an aromatic ring is 1. The smallest absolute Gasteiger partial charge is 0.125 e. The molecule has 0 unspecified atom stereocenters. The molecule has 0 spiro atoms. The molecule has 20 heavy (non-hydrogen) atoms. The molecule has 2 heterocycles. The third kappa shape index (κ3) is 2.52. The third-order valence-corrected chi connectivity index (χ3v) is 3.62. The number of benzene rings is 1. The number of rotatable bonds is 2. The highest BCUT2D eigenvalue weighted by atomic mass is 19.1. The Morgan fingerprint density at radius 1 is 1.05 bits per heavy atom. The van der Waals surface area contributed by atoms with Crippen molar-refractivity contribution in [2.45, 2.75) is 0 Å². The predicted molar refractivity (Wildman–Crippen MR) is 79.5 cm³/mol. The second-order valence-corrected chi connectivity index (χ2v) is 4.89. The van der Waals surface area contributed by atoms with Gasteiger partial charge in [0, 0.05) is 38.1 Å². The lowest BCUT2D eigenvalue weighted by Gasteiger charge is -2.37. The van der Waals surface area contributed by atoms with E-state index in [2.05, 4.69) is 14.8 Å². The van der Waals surface area contributed by atoms with Crippen molar-refractivity contribution in [2.75, 3.05) is 41.7 Å². The standard InChI is InChI=1S/C15H17FN4/c16-12-2-1-3-13(10-12)19-6-8-20(9-7-19)15-4-5-18-11-14(15)17/h1-5,10-11H,6-9,17H2. The van der Waals surface area contributed by atoms with Gasteiger partial charge in [-0.25, -0.2) is 4.39 Å². The minimum atomic E-state index is -0.191. The van der Waals surface area contributed by atoms with Crippen molar-refractivity contribution in [3.05, 3.63) is 48.5 Å². The molecule has 1 aromatic carbocycles. The van der Waals surface area contributed by atoms with Crippen LogP contribution in [0.3, 0.4) is 0 Å². The van der Waals surface area contributed by atoms with Crippen LogP contribution in [0, 0.1) is 5.82 Å². The van der Waals surface area contributed by atoms with Gasteiger partial charge in [-0.05, 0) is 24.3 Å². The highest BCUT2D eigenvalue weighted by Crippen LogP contribution is 2.24. The van der Waals surface area contributed by atoms with Gasteiger partial charge < -0.3 is 15.5 Å². The summed E-state index contributed by atoms with van der Waals surface area (Å²) in [5.41, 5.74) is 8.61. The molecular formula is C15H17FN4. The number of hydrogen-bond acceptors (Lipinski definition) is 4. The van der Waals surface area contributed by atoms with Gasteiger partial charge in [-0.3, -0.25) is 4.98 Å². The van der Waals surface area contributed by atoms with Crippen molar-refractivity contribution in [3.8, 4) is 0 Å². The van der Waals surface area contributed by atoms with E-state index < -0.39 is 0 Å². The summed E-state index contributed by atoms with van der Waals surface area (Å²) in [6.45, 7) is 3.44. The summed E-state index contributed by atoms with van der Waals surface area (Å²) < 4.78 is 13.3. The molecule has 1 fully saturated rings.